The quantitative estimate of drug-likeness (QED) is 0.516. The van der Waals surface area contributed by atoms with Gasteiger partial charge in [-0.3, -0.25) is 0 Å². The molecular weight excluding hydrogens is 258 g/mol. The Morgan fingerprint density at radius 2 is 1.30 bits per heavy atom. The third kappa shape index (κ3) is 13.0. The summed E-state index contributed by atoms with van der Waals surface area (Å²) < 4.78 is 3.35. The number of rotatable bonds is 6. The van der Waals surface area contributed by atoms with Gasteiger partial charge in [0.25, 0.3) is 0 Å². The van der Waals surface area contributed by atoms with Crippen molar-refractivity contribution < 1.29 is 0 Å². The normalized spacial score (nSPS) is 8.20. The molecule has 0 saturated carbocycles. The predicted octanol–water partition coefficient (Wildman–Crippen LogP) is 2.21. The number of unbranched alkanes of at least 4 members (excludes halogenated alkanes) is 2. The van der Waals surface area contributed by atoms with E-state index >= 15 is 0 Å². The van der Waals surface area contributed by atoms with Gasteiger partial charge >= 0.3 is 109 Å². The largest absolute Gasteiger partial charge is 0.316 e. The van der Waals surface area contributed by atoms with Gasteiger partial charge in [-0.2, -0.15) is 0 Å². The van der Waals surface area contributed by atoms with Crippen LogP contribution < -0.4 is 0 Å². The third-order valence-corrected chi connectivity index (χ3v) is 7.99. The van der Waals surface area contributed by atoms with Crippen LogP contribution in [0.25, 0.3) is 0 Å². The van der Waals surface area contributed by atoms with E-state index in [1.807, 2.05) is 0 Å². The molecule has 0 radical (unpaired) electrons. The first-order chi connectivity index (χ1) is 4.41. The van der Waals surface area contributed by atoms with Crippen molar-refractivity contribution in [1.82, 2.24) is 0 Å². The summed E-state index contributed by atoms with van der Waals surface area (Å²) in [5, 5.41) is 0. The molecule has 0 N–H and O–H groups in total. The fourth-order valence-electron chi connectivity index (χ4n) is 1.03. The molecule has 0 fully saturated rings. The van der Waals surface area contributed by atoms with E-state index in [9.17, 15) is 0 Å². The second-order valence-electron chi connectivity index (χ2n) is 2.77. The predicted molar refractivity (Wildman–Crippen MR) is 53.7 cm³/mol. The van der Waals surface area contributed by atoms with Crippen LogP contribution in [0, 0.1) is 0 Å². The first-order valence-electron chi connectivity index (χ1n) is 4.41. The van der Waals surface area contributed by atoms with E-state index in [2.05, 4.69) is 13.8 Å². The molecular formula is C8H20BaMg. The van der Waals surface area contributed by atoms with Gasteiger partial charge in [-0.05, 0) is 0 Å². The molecule has 0 spiro atoms. The molecule has 0 aromatic heterocycles. The summed E-state index contributed by atoms with van der Waals surface area (Å²) in [6.45, 7) is 4.60. The monoisotopic (exact) mass is 278 g/mol. The first kappa shape index (κ1) is 14.8. The van der Waals surface area contributed by atoms with Gasteiger partial charge in [0.05, 0.1) is 0 Å². The molecule has 2 heteroatoms. The summed E-state index contributed by atoms with van der Waals surface area (Å²) in [4.78, 5) is 0. The second-order valence-corrected chi connectivity index (χ2v) is 9.43. The Labute approximate surface area is 106 Å². The van der Waals surface area contributed by atoms with Gasteiger partial charge in [0.15, 0.2) is 0 Å². The van der Waals surface area contributed by atoms with Crippen molar-refractivity contribution >= 4 is 67.2 Å². The molecule has 0 saturated heterocycles. The molecule has 0 aromatic rings. The van der Waals surface area contributed by atoms with E-state index in [-0.39, 0.29) is 67.2 Å². The molecule has 0 rings (SSSR count). The average Bonchev–Trinajstić information content (AvgIpc) is 1.89. The van der Waals surface area contributed by atoms with Crippen LogP contribution in [0.15, 0.2) is 0 Å². The van der Waals surface area contributed by atoms with Crippen LogP contribution >= 0.6 is 0 Å². The van der Waals surface area contributed by atoms with Crippen molar-refractivity contribution in [2.45, 2.75) is 41.3 Å². The topological polar surface area (TPSA) is 0 Å². The van der Waals surface area contributed by atoms with Crippen LogP contribution in [0.2, 0.25) is 1.78 Å². The Morgan fingerprint density at radius 3 is 1.60 bits per heavy atom. The van der Waals surface area contributed by atoms with Crippen molar-refractivity contribution in [2.75, 3.05) is 0 Å². The minimum absolute atomic E-state index is 0. The Morgan fingerprint density at radius 1 is 0.900 bits per heavy atom. The van der Waals surface area contributed by atoms with Crippen LogP contribution in [-0.2, 0) is 0 Å². The molecule has 0 aliphatic carbocycles. The molecule has 0 unspecified atom stereocenters. The van der Waals surface area contributed by atoms with Crippen LogP contribution in [0.1, 0.15) is 39.5 Å². The Bertz CT molecular complexity index is 42.5. The SMILES string of the molecule is CCC[CH2][Ba][CH2]CCC.[MgH2]. The fourth-order valence-corrected chi connectivity index (χ4v) is 7.50. The maximum atomic E-state index is 2.30. The Kier molecular flexibility index (Phi) is 20.6. The summed E-state index contributed by atoms with van der Waals surface area (Å²) in [5.74, 6) is 0. The van der Waals surface area contributed by atoms with Gasteiger partial charge in [-0.15, -0.1) is 0 Å². The van der Waals surface area contributed by atoms with Gasteiger partial charge in [0.2, 0.25) is 0 Å². The molecule has 0 atom stereocenters. The van der Waals surface area contributed by atoms with Gasteiger partial charge in [-0.1, -0.05) is 0 Å². The first-order valence-corrected chi connectivity index (χ1v) is 10.7. The van der Waals surface area contributed by atoms with Gasteiger partial charge in [-0.25, -0.2) is 0 Å². The van der Waals surface area contributed by atoms with E-state index in [4.69, 9.17) is 0 Å². The van der Waals surface area contributed by atoms with Gasteiger partial charge in [0, 0.05) is 0 Å². The van der Waals surface area contributed by atoms with Crippen LogP contribution in [-0.4, -0.2) is 67.2 Å². The van der Waals surface area contributed by atoms with Gasteiger partial charge in [0.1, 0.15) is 0 Å². The third-order valence-electron chi connectivity index (χ3n) is 1.71. The minimum Gasteiger partial charge on any atom is 0.316 e. The Hall–Kier alpha value is 2.34. The molecule has 0 amide bonds. The van der Waals surface area contributed by atoms with Crippen molar-refractivity contribution in [3.63, 3.8) is 0 Å². The molecule has 0 nitrogen and oxygen atoms in total. The molecule has 10 heavy (non-hydrogen) atoms. The summed E-state index contributed by atoms with van der Waals surface area (Å²) in [7, 11) is 0. The standard InChI is InChI=1S/2C4H9.Ba.Mg.2H/c2*1-3-4-2;;;;/h2*1,3-4H2,2H3;;;;. The summed E-state index contributed by atoms with van der Waals surface area (Å²) in [6, 6.07) is 0. The Balaban J connectivity index is 0. The van der Waals surface area contributed by atoms with Crippen molar-refractivity contribution in [2.24, 2.45) is 0 Å². The fraction of sp³-hybridized carbons (Fsp3) is 1.00. The summed E-state index contributed by atoms with van der Waals surface area (Å²) in [5.41, 5.74) is 0. The molecule has 0 bridgehead atoms. The number of hydrogen-bond acceptors (Lipinski definition) is 0. The van der Waals surface area contributed by atoms with Crippen molar-refractivity contribution in [3.05, 3.63) is 0 Å². The summed E-state index contributed by atoms with van der Waals surface area (Å²) >= 11 is -0.253. The van der Waals surface area contributed by atoms with Crippen LogP contribution in [0.3, 0.4) is 0 Å². The van der Waals surface area contributed by atoms with E-state index in [0.717, 1.165) is 0 Å². The van der Waals surface area contributed by atoms with Gasteiger partial charge < -0.3 is 0 Å². The van der Waals surface area contributed by atoms with Crippen molar-refractivity contribution in [3.8, 4) is 0 Å². The second kappa shape index (κ2) is 13.9. The zero-order chi connectivity index (χ0) is 6.95. The molecule has 56 valence electrons. The van der Waals surface area contributed by atoms with E-state index in [1.165, 1.54) is 25.7 Å². The molecule has 0 aliphatic heterocycles. The minimum atomic E-state index is -0.253. The maximum Gasteiger partial charge on any atom is 0.316 e. The zero-order valence-electron chi connectivity index (χ0n) is 6.95. The molecule has 0 aliphatic rings. The van der Waals surface area contributed by atoms with E-state index in [0.29, 0.717) is 0 Å². The van der Waals surface area contributed by atoms with Crippen molar-refractivity contribution in [1.29, 1.82) is 0 Å². The molecule has 0 heterocycles. The summed E-state index contributed by atoms with van der Waals surface area (Å²) in [6.07, 6.45) is 5.91. The zero-order valence-corrected chi connectivity index (χ0v) is 11.4. The maximum absolute atomic E-state index is 2.30. The smallest absolute Gasteiger partial charge is 0.316 e. The molecule has 0 aromatic carbocycles. The van der Waals surface area contributed by atoms with E-state index < -0.39 is 0 Å². The number of hydrogen-bond donors (Lipinski definition) is 0. The van der Waals surface area contributed by atoms with Crippen LogP contribution in [0.5, 0.6) is 0 Å². The van der Waals surface area contributed by atoms with Crippen LogP contribution in [0.4, 0.5) is 0 Å². The van der Waals surface area contributed by atoms with E-state index in [1.54, 1.807) is 1.78 Å². The average molecular weight is 278 g/mol.